The molecule has 2 aromatic rings. The average molecular weight is 268 g/mol. The van der Waals surface area contributed by atoms with Crippen LogP contribution in [0, 0.1) is 0 Å². The number of benzene rings is 1. The molecule has 0 saturated heterocycles. The first-order valence-corrected chi connectivity index (χ1v) is 6.72. The summed E-state index contributed by atoms with van der Waals surface area (Å²) in [7, 11) is 0. The molecule has 17 heavy (non-hydrogen) atoms. The van der Waals surface area contributed by atoms with Crippen molar-refractivity contribution in [2.75, 3.05) is 6.54 Å². The summed E-state index contributed by atoms with van der Waals surface area (Å²) in [6.07, 6.45) is 1.01. The van der Waals surface area contributed by atoms with Crippen molar-refractivity contribution >= 4 is 22.9 Å². The SMILES string of the molecule is Oc1ccc(Cl)cc1CNCCc1cccs1. The van der Waals surface area contributed by atoms with Gasteiger partial charge >= 0.3 is 0 Å². The van der Waals surface area contributed by atoms with Crippen LogP contribution >= 0.6 is 22.9 Å². The van der Waals surface area contributed by atoms with E-state index in [1.165, 1.54) is 4.88 Å². The minimum Gasteiger partial charge on any atom is -0.508 e. The number of hydrogen-bond acceptors (Lipinski definition) is 3. The number of nitrogens with one attached hydrogen (secondary N) is 1. The molecule has 0 aliphatic rings. The van der Waals surface area contributed by atoms with Gasteiger partial charge in [-0.1, -0.05) is 17.7 Å². The normalized spacial score (nSPS) is 10.6. The lowest BCUT2D eigenvalue weighted by Crippen LogP contribution is -2.16. The highest BCUT2D eigenvalue weighted by atomic mass is 35.5. The molecule has 0 amide bonds. The zero-order valence-electron chi connectivity index (χ0n) is 9.32. The van der Waals surface area contributed by atoms with Crippen molar-refractivity contribution in [1.82, 2.24) is 5.32 Å². The van der Waals surface area contributed by atoms with Gasteiger partial charge in [0.2, 0.25) is 0 Å². The van der Waals surface area contributed by atoms with Gasteiger partial charge in [0.25, 0.3) is 0 Å². The molecular weight excluding hydrogens is 254 g/mol. The Morgan fingerprint density at radius 3 is 2.94 bits per heavy atom. The first kappa shape index (κ1) is 12.4. The van der Waals surface area contributed by atoms with E-state index in [9.17, 15) is 5.11 Å². The first-order valence-electron chi connectivity index (χ1n) is 5.46. The van der Waals surface area contributed by atoms with Crippen molar-refractivity contribution in [3.63, 3.8) is 0 Å². The van der Waals surface area contributed by atoms with Crippen molar-refractivity contribution < 1.29 is 5.11 Å². The van der Waals surface area contributed by atoms with E-state index in [0.29, 0.717) is 11.6 Å². The van der Waals surface area contributed by atoms with Gasteiger partial charge in [0, 0.05) is 28.6 Å². The number of aromatic hydroxyl groups is 1. The highest BCUT2D eigenvalue weighted by molar-refractivity contribution is 7.09. The lowest BCUT2D eigenvalue weighted by atomic mass is 10.2. The highest BCUT2D eigenvalue weighted by Gasteiger charge is 2.01. The number of thiophene rings is 1. The molecule has 2 rings (SSSR count). The van der Waals surface area contributed by atoms with Crippen LogP contribution < -0.4 is 5.32 Å². The second-order valence-electron chi connectivity index (χ2n) is 3.78. The molecular formula is C13H14ClNOS. The third-order valence-corrected chi connectivity index (χ3v) is 3.66. The number of phenols is 1. The largest absolute Gasteiger partial charge is 0.508 e. The topological polar surface area (TPSA) is 32.3 Å². The van der Waals surface area contributed by atoms with E-state index < -0.39 is 0 Å². The molecule has 2 N–H and O–H groups in total. The lowest BCUT2D eigenvalue weighted by Gasteiger charge is -2.06. The van der Waals surface area contributed by atoms with E-state index in [4.69, 9.17) is 11.6 Å². The van der Waals surface area contributed by atoms with Gasteiger partial charge in [-0.15, -0.1) is 11.3 Å². The van der Waals surface area contributed by atoms with E-state index in [0.717, 1.165) is 18.5 Å². The van der Waals surface area contributed by atoms with E-state index in [-0.39, 0.29) is 5.75 Å². The summed E-state index contributed by atoms with van der Waals surface area (Å²) in [4.78, 5) is 1.37. The Bertz CT molecular complexity index is 470. The molecule has 1 heterocycles. The van der Waals surface area contributed by atoms with Crippen LogP contribution in [0.25, 0.3) is 0 Å². The maximum Gasteiger partial charge on any atom is 0.120 e. The zero-order chi connectivity index (χ0) is 12.1. The molecule has 0 atom stereocenters. The summed E-state index contributed by atoms with van der Waals surface area (Å²) in [5.74, 6) is 0.290. The van der Waals surface area contributed by atoms with Gasteiger partial charge in [-0.05, 0) is 36.1 Å². The number of phenolic OH excluding ortho intramolecular Hbond substituents is 1. The predicted molar refractivity (Wildman–Crippen MR) is 72.8 cm³/mol. The maximum absolute atomic E-state index is 9.62. The molecule has 2 nitrogen and oxygen atoms in total. The smallest absolute Gasteiger partial charge is 0.120 e. The number of halogens is 1. The van der Waals surface area contributed by atoms with Crippen LogP contribution in [-0.2, 0) is 13.0 Å². The summed E-state index contributed by atoms with van der Waals surface area (Å²) in [5, 5.41) is 15.6. The fourth-order valence-electron chi connectivity index (χ4n) is 1.59. The third kappa shape index (κ3) is 3.73. The fourth-order valence-corrected chi connectivity index (χ4v) is 2.49. The molecule has 0 saturated carbocycles. The molecule has 0 radical (unpaired) electrons. The van der Waals surface area contributed by atoms with Crippen molar-refractivity contribution in [1.29, 1.82) is 0 Å². The Morgan fingerprint density at radius 1 is 1.29 bits per heavy atom. The summed E-state index contributed by atoms with van der Waals surface area (Å²) in [6.45, 7) is 1.53. The van der Waals surface area contributed by atoms with E-state index in [1.54, 1.807) is 29.5 Å². The van der Waals surface area contributed by atoms with Crippen LogP contribution in [0.1, 0.15) is 10.4 Å². The van der Waals surface area contributed by atoms with Gasteiger partial charge in [0.05, 0.1) is 0 Å². The lowest BCUT2D eigenvalue weighted by molar-refractivity contribution is 0.464. The molecule has 90 valence electrons. The Balaban J connectivity index is 1.80. The summed E-state index contributed by atoms with van der Waals surface area (Å²) in [5.41, 5.74) is 0.837. The van der Waals surface area contributed by atoms with Crippen molar-refractivity contribution in [3.05, 3.63) is 51.2 Å². The van der Waals surface area contributed by atoms with Gasteiger partial charge in [0.15, 0.2) is 0 Å². The Morgan fingerprint density at radius 2 is 2.18 bits per heavy atom. The molecule has 4 heteroatoms. The van der Waals surface area contributed by atoms with Gasteiger partial charge in [-0.2, -0.15) is 0 Å². The molecule has 0 aliphatic carbocycles. The highest BCUT2D eigenvalue weighted by Crippen LogP contribution is 2.21. The van der Waals surface area contributed by atoms with Crippen molar-refractivity contribution in [2.45, 2.75) is 13.0 Å². The molecule has 0 fully saturated rings. The second-order valence-corrected chi connectivity index (χ2v) is 5.25. The van der Waals surface area contributed by atoms with E-state index in [1.807, 2.05) is 0 Å². The Hall–Kier alpha value is -1.03. The third-order valence-electron chi connectivity index (χ3n) is 2.49. The molecule has 0 aliphatic heterocycles. The average Bonchev–Trinajstić information content (AvgIpc) is 2.82. The van der Waals surface area contributed by atoms with Crippen LogP contribution in [0.5, 0.6) is 5.75 Å². The summed E-state index contributed by atoms with van der Waals surface area (Å²) >= 11 is 7.64. The van der Waals surface area contributed by atoms with Gasteiger partial charge in [-0.25, -0.2) is 0 Å². The van der Waals surface area contributed by atoms with Crippen LogP contribution in [0.2, 0.25) is 5.02 Å². The minimum absolute atomic E-state index is 0.290. The van der Waals surface area contributed by atoms with Crippen LogP contribution in [0.3, 0.4) is 0 Å². The van der Waals surface area contributed by atoms with Crippen LogP contribution in [0.15, 0.2) is 35.7 Å². The summed E-state index contributed by atoms with van der Waals surface area (Å²) in [6, 6.07) is 9.28. The standard InChI is InChI=1S/C13H14ClNOS/c14-11-3-4-13(16)10(8-11)9-15-6-5-12-2-1-7-17-12/h1-4,7-8,15-16H,5-6,9H2. The quantitative estimate of drug-likeness (QED) is 0.814. The monoisotopic (exact) mass is 267 g/mol. The van der Waals surface area contributed by atoms with Crippen LogP contribution in [-0.4, -0.2) is 11.7 Å². The molecule has 0 spiro atoms. The summed E-state index contributed by atoms with van der Waals surface area (Å²) < 4.78 is 0. The maximum atomic E-state index is 9.62. The Kier molecular flexibility index (Phi) is 4.42. The number of rotatable bonds is 5. The second kappa shape index (κ2) is 6.05. The van der Waals surface area contributed by atoms with Gasteiger partial charge < -0.3 is 10.4 Å². The number of hydrogen-bond donors (Lipinski definition) is 2. The predicted octanol–water partition coefficient (Wildman–Crippen LogP) is 3.44. The van der Waals surface area contributed by atoms with Gasteiger partial charge in [0.1, 0.15) is 5.75 Å². The zero-order valence-corrected chi connectivity index (χ0v) is 10.9. The molecule has 1 aromatic heterocycles. The first-order chi connectivity index (χ1) is 8.25. The molecule has 0 unspecified atom stereocenters. The van der Waals surface area contributed by atoms with Crippen LogP contribution in [0.4, 0.5) is 0 Å². The van der Waals surface area contributed by atoms with E-state index in [2.05, 4.69) is 22.8 Å². The minimum atomic E-state index is 0.290. The van der Waals surface area contributed by atoms with Crippen molar-refractivity contribution in [3.8, 4) is 5.75 Å². The molecule has 1 aromatic carbocycles. The molecule has 0 bridgehead atoms. The Labute approximate surface area is 110 Å². The van der Waals surface area contributed by atoms with Gasteiger partial charge in [-0.3, -0.25) is 0 Å². The van der Waals surface area contributed by atoms with Crippen molar-refractivity contribution in [2.24, 2.45) is 0 Å². The van der Waals surface area contributed by atoms with E-state index >= 15 is 0 Å². The fraction of sp³-hybridized carbons (Fsp3) is 0.231.